The van der Waals surface area contributed by atoms with Gasteiger partial charge in [-0.05, 0) is 13.5 Å². The number of aromatic nitrogens is 2. The van der Waals surface area contributed by atoms with E-state index in [1.807, 2.05) is 24.1 Å². The van der Waals surface area contributed by atoms with Gasteiger partial charge >= 0.3 is 0 Å². The molecule has 1 saturated heterocycles. The lowest BCUT2D eigenvalue weighted by molar-refractivity contribution is 0.189. The van der Waals surface area contributed by atoms with E-state index in [1.54, 1.807) is 0 Å². The molecule has 0 spiro atoms. The van der Waals surface area contributed by atoms with E-state index in [0.29, 0.717) is 6.04 Å². The monoisotopic (exact) mass is 224 g/mol. The normalized spacial score (nSPS) is 25.5. The summed E-state index contributed by atoms with van der Waals surface area (Å²) < 4.78 is 1.82. The van der Waals surface area contributed by atoms with Crippen LogP contribution in [-0.2, 0) is 13.6 Å². The van der Waals surface area contributed by atoms with Gasteiger partial charge in [0.05, 0.1) is 12.3 Å². The van der Waals surface area contributed by atoms with Gasteiger partial charge in [-0.2, -0.15) is 5.10 Å². The molecule has 2 heterocycles. The quantitative estimate of drug-likeness (QED) is 0.729. The summed E-state index contributed by atoms with van der Waals surface area (Å²) in [6.07, 6.45) is 4.62. The Kier molecular flexibility index (Phi) is 3.58. The number of β-amino-alcohol motifs (C(OH)–C–C–N with tert-alkyl or cyclic N) is 1. The highest BCUT2D eigenvalue weighted by Gasteiger charge is 2.22. The summed E-state index contributed by atoms with van der Waals surface area (Å²) in [6.45, 7) is 2.60. The Labute approximate surface area is 96.1 Å². The smallest absolute Gasteiger partial charge is 0.0680 e. The molecular weight excluding hydrogens is 204 g/mol. The first-order valence-corrected chi connectivity index (χ1v) is 5.71. The molecule has 5 heteroatoms. The molecule has 0 amide bonds. The second-order valence-electron chi connectivity index (χ2n) is 4.71. The number of rotatable bonds is 4. The molecule has 16 heavy (non-hydrogen) atoms. The predicted molar refractivity (Wildman–Crippen MR) is 62.0 cm³/mol. The fourth-order valence-corrected chi connectivity index (χ4v) is 2.24. The summed E-state index contributed by atoms with van der Waals surface area (Å²) in [5, 5.41) is 16.9. The summed E-state index contributed by atoms with van der Waals surface area (Å²) in [5.74, 6) is 0. The van der Waals surface area contributed by atoms with Crippen molar-refractivity contribution < 1.29 is 5.11 Å². The number of likely N-dealkylation sites (N-methyl/N-ethyl adjacent to an activating group) is 1. The third-order valence-corrected chi connectivity index (χ3v) is 2.94. The zero-order valence-corrected chi connectivity index (χ0v) is 9.93. The average molecular weight is 224 g/mol. The molecule has 1 fully saturated rings. The highest BCUT2D eigenvalue weighted by Crippen LogP contribution is 2.09. The summed E-state index contributed by atoms with van der Waals surface area (Å²) in [5.41, 5.74) is 1.23. The van der Waals surface area contributed by atoms with Crippen LogP contribution in [0.15, 0.2) is 12.4 Å². The van der Waals surface area contributed by atoms with Crippen LogP contribution in [0.5, 0.6) is 0 Å². The van der Waals surface area contributed by atoms with Gasteiger partial charge in [0.2, 0.25) is 0 Å². The number of aliphatic hydroxyl groups excluding tert-OH is 1. The van der Waals surface area contributed by atoms with Crippen molar-refractivity contribution in [2.24, 2.45) is 7.05 Å². The third kappa shape index (κ3) is 3.04. The molecule has 0 aromatic carbocycles. The molecule has 5 nitrogen and oxygen atoms in total. The standard InChI is InChI=1S/C11H20N4O/c1-14(6-9-4-13-15(2)7-9)8-10-3-11(16)5-12-10/h4,7,10-12,16H,3,5-6,8H2,1-2H3. The summed E-state index contributed by atoms with van der Waals surface area (Å²) >= 11 is 0. The van der Waals surface area contributed by atoms with Crippen molar-refractivity contribution in [1.82, 2.24) is 20.0 Å². The van der Waals surface area contributed by atoms with Crippen LogP contribution in [-0.4, -0.2) is 52.1 Å². The van der Waals surface area contributed by atoms with Crippen LogP contribution in [0.1, 0.15) is 12.0 Å². The second-order valence-corrected chi connectivity index (χ2v) is 4.71. The third-order valence-electron chi connectivity index (χ3n) is 2.94. The van der Waals surface area contributed by atoms with Crippen molar-refractivity contribution in [2.75, 3.05) is 20.1 Å². The van der Waals surface area contributed by atoms with Crippen molar-refractivity contribution >= 4 is 0 Å². The maximum atomic E-state index is 9.41. The Morgan fingerprint density at radius 1 is 1.69 bits per heavy atom. The molecule has 2 atom stereocenters. The lowest BCUT2D eigenvalue weighted by atomic mass is 10.2. The van der Waals surface area contributed by atoms with Crippen molar-refractivity contribution in [3.8, 4) is 0 Å². The molecule has 0 saturated carbocycles. The number of nitrogens with one attached hydrogen (secondary N) is 1. The SMILES string of the molecule is CN(Cc1cnn(C)c1)CC1CC(O)CN1. The maximum absolute atomic E-state index is 9.41. The van der Waals surface area contributed by atoms with Gasteiger partial charge in [-0.15, -0.1) is 0 Å². The molecule has 2 N–H and O–H groups in total. The first-order valence-electron chi connectivity index (χ1n) is 5.71. The Bertz CT molecular complexity index is 338. The van der Waals surface area contributed by atoms with Crippen LogP contribution in [0.25, 0.3) is 0 Å². The number of hydrogen-bond acceptors (Lipinski definition) is 4. The molecule has 1 aliphatic heterocycles. The van der Waals surface area contributed by atoms with E-state index < -0.39 is 0 Å². The zero-order valence-electron chi connectivity index (χ0n) is 9.93. The highest BCUT2D eigenvalue weighted by atomic mass is 16.3. The molecular formula is C11H20N4O. The van der Waals surface area contributed by atoms with Gasteiger partial charge in [0.15, 0.2) is 0 Å². The Morgan fingerprint density at radius 2 is 2.50 bits per heavy atom. The first kappa shape index (κ1) is 11.6. The van der Waals surface area contributed by atoms with Gasteiger partial charge in [0.1, 0.15) is 0 Å². The summed E-state index contributed by atoms with van der Waals surface area (Å²) in [7, 11) is 4.03. The van der Waals surface area contributed by atoms with E-state index in [4.69, 9.17) is 0 Å². The lowest BCUT2D eigenvalue weighted by Gasteiger charge is -2.20. The van der Waals surface area contributed by atoms with Gasteiger partial charge in [-0.25, -0.2) is 0 Å². The first-order chi connectivity index (χ1) is 7.63. The maximum Gasteiger partial charge on any atom is 0.0680 e. The fourth-order valence-electron chi connectivity index (χ4n) is 2.24. The van der Waals surface area contributed by atoms with Gasteiger partial charge in [0.25, 0.3) is 0 Å². The van der Waals surface area contributed by atoms with Gasteiger partial charge in [0, 0.05) is 44.5 Å². The lowest BCUT2D eigenvalue weighted by Crippen LogP contribution is -2.34. The van der Waals surface area contributed by atoms with Crippen LogP contribution in [0.4, 0.5) is 0 Å². The molecule has 2 rings (SSSR count). The van der Waals surface area contributed by atoms with E-state index in [9.17, 15) is 5.11 Å². The zero-order chi connectivity index (χ0) is 11.5. The molecule has 0 aliphatic carbocycles. The number of nitrogens with zero attached hydrogens (tertiary/aromatic N) is 3. The molecule has 0 radical (unpaired) electrons. The van der Waals surface area contributed by atoms with Crippen molar-refractivity contribution in [2.45, 2.75) is 25.1 Å². The molecule has 1 aromatic rings. The largest absolute Gasteiger partial charge is 0.392 e. The van der Waals surface area contributed by atoms with E-state index >= 15 is 0 Å². The minimum atomic E-state index is -0.170. The van der Waals surface area contributed by atoms with E-state index in [0.717, 1.165) is 26.1 Å². The molecule has 2 unspecified atom stereocenters. The van der Waals surface area contributed by atoms with Crippen LogP contribution >= 0.6 is 0 Å². The van der Waals surface area contributed by atoms with Crippen LogP contribution in [0, 0.1) is 0 Å². The Hall–Kier alpha value is -0.910. The van der Waals surface area contributed by atoms with Crippen LogP contribution in [0.2, 0.25) is 0 Å². The molecule has 1 aromatic heterocycles. The fraction of sp³-hybridized carbons (Fsp3) is 0.727. The number of aryl methyl sites for hydroxylation is 1. The second kappa shape index (κ2) is 4.95. The van der Waals surface area contributed by atoms with Crippen LogP contribution < -0.4 is 5.32 Å². The van der Waals surface area contributed by atoms with Crippen molar-refractivity contribution in [1.29, 1.82) is 0 Å². The number of aliphatic hydroxyl groups is 1. The van der Waals surface area contributed by atoms with Gasteiger partial charge < -0.3 is 15.3 Å². The summed E-state index contributed by atoms with van der Waals surface area (Å²) in [4.78, 5) is 2.26. The van der Waals surface area contributed by atoms with Gasteiger partial charge in [-0.1, -0.05) is 0 Å². The van der Waals surface area contributed by atoms with Crippen LogP contribution in [0.3, 0.4) is 0 Å². The average Bonchev–Trinajstić information content (AvgIpc) is 2.76. The Balaban J connectivity index is 1.78. The predicted octanol–water partition coefficient (Wildman–Crippen LogP) is -0.425. The summed E-state index contributed by atoms with van der Waals surface area (Å²) in [6, 6.07) is 0.414. The highest BCUT2D eigenvalue weighted by molar-refractivity contribution is 5.03. The van der Waals surface area contributed by atoms with E-state index in [2.05, 4.69) is 22.4 Å². The van der Waals surface area contributed by atoms with E-state index in [-0.39, 0.29) is 6.10 Å². The minimum Gasteiger partial charge on any atom is -0.392 e. The molecule has 1 aliphatic rings. The Morgan fingerprint density at radius 3 is 3.06 bits per heavy atom. The van der Waals surface area contributed by atoms with Crippen molar-refractivity contribution in [3.63, 3.8) is 0 Å². The molecule has 0 bridgehead atoms. The topological polar surface area (TPSA) is 53.3 Å². The van der Waals surface area contributed by atoms with Gasteiger partial charge in [-0.3, -0.25) is 4.68 Å². The molecule has 90 valence electrons. The minimum absolute atomic E-state index is 0.170. The number of hydrogen-bond donors (Lipinski definition) is 2. The van der Waals surface area contributed by atoms with E-state index in [1.165, 1.54) is 5.56 Å². The van der Waals surface area contributed by atoms with Crippen molar-refractivity contribution in [3.05, 3.63) is 18.0 Å².